The number of nitrogens with one attached hydrogen (secondary N) is 1. The van der Waals surface area contributed by atoms with Crippen molar-refractivity contribution in [3.63, 3.8) is 0 Å². The van der Waals surface area contributed by atoms with Gasteiger partial charge in [0.25, 0.3) is 5.91 Å². The summed E-state index contributed by atoms with van der Waals surface area (Å²) in [6.45, 7) is 4.34. The fourth-order valence-corrected chi connectivity index (χ4v) is 2.15. The summed E-state index contributed by atoms with van der Waals surface area (Å²) >= 11 is 0. The number of hydrogen-bond acceptors (Lipinski definition) is 3. The first-order valence-corrected chi connectivity index (χ1v) is 5.92. The molecule has 0 bridgehead atoms. The molecule has 1 aliphatic rings. The van der Waals surface area contributed by atoms with Gasteiger partial charge in [0.2, 0.25) is 0 Å². The van der Waals surface area contributed by atoms with Gasteiger partial charge in [0.15, 0.2) is 0 Å². The highest BCUT2D eigenvalue weighted by Crippen LogP contribution is 2.28. The molecule has 2 rings (SSSR count). The normalized spacial score (nSPS) is 16.6. The van der Waals surface area contributed by atoms with Crippen LogP contribution in [0, 0.1) is 0 Å². The van der Waals surface area contributed by atoms with Crippen molar-refractivity contribution in [2.75, 3.05) is 26.7 Å². The molecule has 0 aliphatic carbocycles. The summed E-state index contributed by atoms with van der Waals surface area (Å²) in [5.41, 5.74) is 4.29. The van der Waals surface area contributed by atoms with E-state index in [-0.39, 0.29) is 5.91 Å². The maximum atomic E-state index is 11.9. The number of carbonyl (C=O) groups is 1. The second kappa shape index (κ2) is 5.29. The summed E-state index contributed by atoms with van der Waals surface area (Å²) in [4.78, 5) is 19.1. The van der Waals surface area contributed by atoms with E-state index in [2.05, 4.69) is 17.4 Å². The minimum Gasteiger partial charge on any atom is -0.305 e. The van der Waals surface area contributed by atoms with Gasteiger partial charge in [-0.3, -0.25) is 9.63 Å². The molecule has 4 heteroatoms. The van der Waals surface area contributed by atoms with Crippen molar-refractivity contribution in [2.24, 2.45) is 0 Å². The summed E-state index contributed by atoms with van der Waals surface area (Å²) in [7, 11) is 2.08. The summed E-state index contributed by atoms with van der Waals surface area (Å²) in [5, 5.41) is 0. The number of benzene rings is 1. The Morgan fingerprint density at radius 3 is 2.82 bits per heavy atom. The van der Waals surface area contributed by atoms with Crippen LogP contribution in [0.4, 0.5) is 0 Å². The second-order valence-electron chi connectivity index (χ2n) is 4.37. The van der Waals surface area contributed by atoms with Gasteiger partial charge < -0.3 is 4.90 Å². The van der Waals surface area contributed by atoms with Crippen molar-refractivity contribution in [3.05, 3.63) is 35.4 Å². The standard InChI is InChI=1S/C13H18N2O2/c1-3-17-14-13(16)12-7-5-4-6-11(12)10-8-15(2)9-10/h4-7,10H,3,8-9H2,1-2H3,(H,14,16). The molecule has 1 saturated heterocycles. The maximum absolute atomic E-state index is 11.9. The third-order valence-electron chi connectivity index (χ3n) is 3.02. The van der Waals surface area contributed by atoms with Crippen LogP contribution in [0.15, 0.2) is 24.3 Å². The average Bonchev–Trinajstić information content (AvgIpc) is 2.32. The van der Waals surface area contributed by atoms with E-state index in [4.69, 9.17) is 4.84 Å². The topological polar surface area (TPSA) is 41.6 Å². The van der Waals surface area contributed by atoms with E-state index in [9.17, 15) is 4.79 Å². The molecule has 1 heterocycles. The smallest absolute Gasteiger partial charge is 0.275 e. The lowest BCUT2D eigenvalue weighted by atomic mass is 9.88. The zero-order valence-electron chi connectivity index (χ0n) is 10.3. The minimum absolute atomic E-state index is 0.156. The van der Waals surface area contributed by atoms with Crippen LogP contribution in [0.2, 0.25) is 0 Å². The molecule has 4 nitrogen and oxygen atoms in total. The SMILES string of the molecule is CCONC(=O)c1ccccc1C1CN(C)C1. The Bertz CT molecular complexity index is 400. The molecule has 1 fully saturated rings. The van der Waals surface area contributed by atoms with Crippen LogP contribution in [-0.4, -0.2) is 37.6 Å². The monoisotopic (exact) mass is 234 g/mol. The van der Waals surface area contributed by atoms with Gasteiger partial charge in [-0.1, -0.05) is 18.2 Å². The predicted octanol–water partition coefficient (Wildman–Crippen LogP) is 1.40. The van der Waals surface area contributed by atoms with Crippen LogP contribution in [0.3, 0.4) is 0 Å². The van der Waals surface area contributed by atoms with Gasteiger partial charge in [0.1, 0.15) is 0 Å². The van der Waals surface area contributed by atoms with Gasteiger partial charge in [0.05, 0.1) is 6.61 Å². The van der Waals surface area contributed by atoms with Crippen LogP contribution in [0.5, 0.6) is 0 Å². The van der Waals surface area contributed by atoms with E-state index in [0.29, 0.717) is 12.5 Å². The first-order chi connectivity index (χ1) is 8.22. The van der Waals surface area contributed by atoms with Crippen LogP contribution in [0.1, 0.15) is 28.8 Å². The lowest BCUT2D eigenvalue weighted by Crippen LogP contribution is -2.42. The number of likely N-dealkylation sites (tertiary alicyclic amines) is 1. The van der Waals surface area contributed by atoms with E-state index in [0.717, 1.165) is 24.2 Å². The lowest BCUT2D eigenvalue weighted by molar-refractivity contribution is 0.0362. The van der Waals surface area contributed by atoms with Crippen LogP contribution in [0.25, 0.3) is 0 Å². The van der Waals surface area contributed by atoms with Crippen LogP contribution < -0.4 is 5.48 Å². The van der Waals surface area contributed by atoms with Gasteiger partial charge in [0, 0.05) is 24.6 Å². The molecule has 1 N–H and O–H groups in total. The van der Waals surface area contributed by atoms with Crippen molar-refractivity contribution in [2.45, 2.75) is 12.8 Å². The minimum atomic E-state index is -0.156. The molecule has 92 valence electrons. The molecule has 0 aromatic heterocycles. The summed E-state index contributed by atoms with van der Waals surface area (Å²) in [6, 6.07) is 7.73. The van der Waals surface area contributed by atoms with E-state index in [1.807, 2.05) is 31.2 Å². The van der Waals surface area contributed by atoms with Gasteiger partial charge in [-0.25, -0.2) is 5.48 Å². The Morgan fingerprint density at radius 1 is 1.47 bits per heavy atom. The molecule has 1 aromatic carbocycles. The second-order valence-corrected chi connectivity index (χ2v) is 4.37. The number of nitrogens with zero attached hydrogens (tertiary/aromatic N) is 1. The Labute approximate surface area is 102 Å². The zero-order valence-corrected chi connectivity index (χ0v) is 10.3. The number of rotatable bonds is 4. The highest BCUT2D eigenvalue weighted by atomic mass is 16.6. The van der Waals surface area contributed by atoms with Gasteiger partial charge >= 0.3 is 0 Å². The highest BCUT2D eigenvalue weighted by molar-refractivity contribution is 5.95. The fraction of sp³-hybridized carbons (Fsp3) is 0.462. The number of amides is 1. The first-order valence-electron chi connectivity index (χ1n) is 5.92. The highest BCUT2D eigenvalue weighted by Gasteiger charge is 2.28. The largest absolute Gasteiger partial charge is 0.305 e. The summed E-state index contributed by atoms with van der Waals surface area (Å²) < 4.78 is 0. The van der Waals surface area contributed by atoms with Crippen molar-refractivity contribution >= 4 is 5.91 Å². The third-order valence-corrected chi connectivity index (χ3v) is 3.02. The van der Waals surface area contributed by atoms with E-state index in [1.54, 1.807) is 0 Å². The molecule has 0 spiro atoms. The Hall–Kier alpha value is -1.39. The predicted molar refractivity (Wildman–Crippen MR) is 65.8 cm³/mol. The number of hydroxylamine groups is 1. The lowest BCUT2D eigenvalue weighted by Gasteiger charge is -2.37. The molecule has 1 amide bonds. The molecule has 0 saturated carbocycles. The Morgan fingerprint density at radius 2 is 2.18 bits per heavy atom. The van der Waals surface area contributed by atoms with Crippen molar-refractivity contribution in [3.8, 4) is 0 Å². The fourth-order valence-electron chi connectivity index (χ4n) is 2.15. The van der Waals surface area contributed by atoms with Gasteiger partial charge in [-0.2, -0.15) is 0 Å². The van der Waals surface area contributed by atoms with Crippen molar-refractivity contribution in [1.82, 2.24) is 10.4 Å². The molecule has 1 aromatic rings. The van der Waals surface area contributed by atoms with E-state index >= 15 is 0 Å². The van der Waals surface area contributed by atoms with Crippen molar-refractivity contribution in [1.29, 1.82) is 0 Å². The molecule has 0 atom stereocenters. The summed E-state index contributed by atoms with van der Waals surface area (Å²) in [6.07, 6.45) is 0. The Kier molecular flexibility index (Phi) is 3.76. The van der Waals surface area contributed by atoms with E-state index in [1.165, 1.54) is 0 Å². The molecule has 0 unspecified atom stereocenters. The molecular formula is C13H18N2O2. The molecule has 0 radical (unpaired) electrons. The average molecular weight is 234 g/mol. The van der Waals surface area contributed by atoms with Gasteiger partial charge in [-0.05, 0) is 25.6 Å². The number of hydrogen-bond donors (Lipinski definition) is 1. The van der Waals surface area contributed by atoms with E-state index < -0.39 is 0 Å². The van der Waals surface area contributed by atoms with Crippen molar-refractivity contribution < 1.29 is 9.63 Å². The van der Waals surface area contributed by atoms with Crippen LogP contribution >= 0.6 is 0 Å². The molecular weight excluding hydrogens is 216 g/mol. The van der Waals surface area contributed by atoms with Gasteiger partial charge in [-0.15, -0.1) is 0 Å². The molecule has 1 aliphatic heterocycles. The molecule has 17 heavy (non-hydrogen) atoms. The first kappa shape index (κ1) is 12.1. The quantitative estimate of drug-likeness (QED) is 0.801. The third kappa shape index (κ3) is 2.65. The zero-order chi connectivity index (χ0) is 12.3. The summed E-state index contributed by atoms with van der Waals surface area (Å²) in [5.74, 6) is 0.306. The van der Waals surface area contributed by atoms with Crippen LogP contribution in [-0.2, 0) is 4.84 Å². The maximum Gasteiger partial charge on any atom is 0.275 e. The number of likely N-dealkylation sites (N-methyl/N-ethyl adjacent to an activating group) is 1. The Balaban J connectivity index is 2.13. The number of carbonyl (C=O) groups excluding carboxylic acids is 1.